The minimum Gasteiger partial charge on any atom is -0.497 e. The van der Waals surface area contributed by atoms with Crippen molar-refractivity contribution in [1.29, 1.82) is 0 Å². The zero-order chi connectivity index (χ0) is 19.0. The smallest absolute Gasteiger partial charge is 0.240 e. The molecule has 2 N–H and O–H groups in total. The number of hydrogen-bond donors (Lipinski definition) is 2. The predicted molar refractivity (Wildman–Crippen MR) is 103 cm³/mol. The molecule has 1 amide bonds. The van der Waals surface area contributed by atoms with Gasteiger partial charge in [0, 0.05) is 18.0 Å². The van der Waals surface area contributed by atoms with Gasteiger partial charge in [0.05, 0.1) is 22.8 Å². The predicted octanol–water partition coefficient (Wildman–Crippen LogP) is 2.54. The molecule has 0 fully saturated rings. The van der Waals surface area contributed by atoms with E-state index in [1.165, 1.54) is 31.0 Å². The molecule has 2 rings (SSSR count). The van der Waals surface area contributed by atoms with E-state index in [-0.39, 0.29) is 29.6 Å². The van der Waals surface area contributed by atoms with Crippen LogP contribution in [-0.2, 0) is 14.8 Å². The van der Waals surface area contributed by atoms with Gasteiger partial charge in [0.25, 0.3) is 0 Å². The Morgan fingerprint density at radius 1 is 1.12 bits per heavy atom. The number of hydrogen-bond acceptors (Lipinski definition) is 5. The second-order valence-corrected chi connectivity index (χ2v) is 8.33. The van der Waals surface area contributed by atoms with Crippen LogP contribution in [0.2, 0.25) is 5.02 Å². The minimum atomic E-state index is -3.62. The second kappa shape index (κ2) is 9.82. The Morgan fingerprint density at radius 2 is 1.81 bits per heavy atom. The van der Waals surface area contributed by atoms with Gasteiger partial charge in [-0.1, -0.05) is 23.7 Å². The van der Waals surface area contributed by atoms with Gasteiger partial charge in [0.1, 0.15) is 5.75 Å². The molecule has 2 aromatic rings. The maximum atomic E-state index is 12.1. The van der Waals surface area contributed by atoms with E-state index < -0.39 is 10.0 Å². The summed E-state index contributed by atoms with van der Waals surface area (Å²) in [5.74, 6) is 0.584. The van der Waals surface area contributed by atoms with Crippen molar-refractivity contribution >= 4 is 39.3 Å². The van der Waals surface area contributed by atoms with Gasteiger partial charge in [0.15, 0.2) is 0 Å². The fourth-order valence-corrected chi connectivity index (χ4v) is 4.08. The van der Waals surface area contributed by atoms with Crippen molar-refractivity contribution in [2.24, 2.45) is 0 Å². The number of halogens is 1. The van der Waals surface area contributed by atoms with Crippen LogP contribution >= 0.6 is 23.4 Å². The van der Waals surface area contributed by atoms with Crippen LogP contribution in [-0.4, -0.2) is 40.3 Å². The first-order chi connectivity index (χ1) is 12.4. The molecule has 6 nitrogen and oxygen atoms in total. The van der Waals surface area contributed by atoms with Crippen LogP contribution in [0.15, 0.2) is 58.3 Å². The van der Waals surface area contributed by atoms with Crippen LogP contribution in [0.3, 0.4) is 0 Å². The lowest BCUT2D eigenvalue weighted by Gasteiger charge is -2.09. The lowest BCUT2D eigenvalue weighted by molar-refractivity contribution is -0.118. The van der Waals surface area contributed by atoms with Crippen molar-refractivity contribution in [2.75, 3.05) is 26.0 Å². The summed E-state index contributed by atoms with van der Waals surface area (Å²) in [6.07, 6.45) is 0. The van der Waals surface area contributed by atoms with Crippen molar-refractivity contribution in [2.45, 2.75) is 9.79 Å². The van der Waals surface area contributed by atoms with E-state index in [4.69, 9.17) is 16.3 Å². The van der Waals surface area contributed by atoms with Crippen molar-refractivity contribution in [3.63, 3.8) is 0 Å². The van der Waals surface area contributed by atoms with Crippen molar-refractivity contribution in [3.05, 3.63) is 53.6 Å². The van der Waals surface area contributed by atoms with Gasteiger partial charge in [-0.3, -0.25) is 4.79 Å². The van der Waals surface area contributed by atoms with Gasteiger partial charge in [-0.2, -0.15) is 0 Å². The Balaban J connectivity index is 1.73. The zero-order valence-electron chi connectivity index (χ0n) is 14.1. The number of thioether (sulfide) groups is 1. The average molecular weight is 415 g/mol. The summed E-state index contributed by atoms with van der Waals surface area (Å²) < 4.78 is 31.7. The third-order valence-electron chi connectivity index (χ3n) is 3.30. The number of methoxy groups -OCH3 is 1. The van der Waals surface area contributed by atoms with E-state index in [1.54, 1.807) is 18.2 Å². The first-order valence-electron chi connectivity index (χ1n) is 7.70. The quantitative estimate of drug-likeness (QED) is 0.486. The van der Waals surface area contributed by atoms with E-state index >= 15 is 0 Å². The van der Waals surface area contributed by atoms with Crippen LogP contribution in [0.1, 0.15) is 0 Å². The summed E-state index contributed by atoms with van der Waals surface area (Å²) in [6, 6.07) is 13.3. The molecule has 0 aliphatic carbocycles. The number of nitrogens with one attached hydrogen (secondary N) is 2. The molecule has 0 spiro atoms. The van der Waals surface area contributed by atoms with E-state index in [0.29, 0.717) is 10.8 Å². The van der Waals surface area contributed by atoms with Crippen LogP contribution in [0.5, 0.6) is 5.75 Å². The molecule has 0 aromatic heterocycles. The molecule has 140 valence electrons. The Hall–Kier alpha value is -1.74. The second-order valence-electron chi connectivity index (χ2n) is 5.14. The first kappa shape index (κ1) is 20.6. The number of carbonyl (C=O) groups excluding carboxylic acids is 1. The van der Waals surface area contributed by atoms with Gasteiger partial charge in [-0.15, -0.1) is 11.8 Å². The number of rotatable bonds is 9. The van der Waals surface area contributed by atoms with Gasteiger partial charge in [0.2, 0.25) is 15.9 Å². The van der Waals surface area contributed by atoms with Gasteiger partial charge in [-0.25, -0.2) is 13.1 Å². The maximum absolute atomic E-state index is 12.1. The molecule has 0 aliphatic heterocycles. The van der Waals surface area contributed by atoms with Gasteiger partial charge >= 0.3 is 0 Å². The highest BCUT2D eigenvalue weighted by molar-refractivity contribution is 8.00. The van der Waals surface area contributed by atoms with Gasteiger partial charge < -0.3 is 10.1 Å². The Morgan fingerprint density at radius 3 is 2.46 bits per heavy atom. The Kier molecular flexibility index (Phi) is 7.77. The molecule has 0 radical (unpaired) electrons. The number of sulfonamides is 1. The lowest BCUT2D eigenvalue weighted by atomic mass is 10.3. The monoisotopic (exact) mass is 414 g/mol. The standard InChI is InChI=1S/C17H19ClN2O4S2/c1-24-13-6-8-14(9-7-13)26(22,23)20-11-10-19-17(21)12-25-16-5-3-2-4-15(16)18/h2-9,20H,10-12H2,1H3,(H,19,21). The molecule has 0 heterocycles. The summed E-state index contributed by atoms with van der Waals surface area (Å²) >= 11 is 7.35. The summed E-state index contributed by atoms with van der Waals surface area (Å²) in [6.45, 7) is 0.286. The van der Waals surface area contributed by atoms with Crippen LogP contribution in [0.4, 0.5) is 0 Å². The summed E-state index contributed by atoms with van der Waals surface area (Å²) in [5, 5.41) is 3.26. The van der Waals surface area contributed by atoms with Crippen molar-refractivity contribution in [1.82, 2.24) is 10.0 Å². The van der Waals surface area contributed by atoms with E-state index in [1.807, 2.05) is 18.2 Å². The zero-order valence-corrected chi connectivity index (χ0v) is 16.5. The normalized spacial score (nSPS) is 11.2. The summed E-state index contributed by atoms with van der Waals surface area (Å²) in [7, 11) is -2.12. The SMILES string of the molecule is COc1ccc(S(=O)(=O)NCCNC(=O)CSc2ccccc2Cl)cc1. The van der Waals surface area contributed by atoms with Crippen LogP contribution < -0.4 is 14.8 Å². The molecule has 0 atom stereocenters. The highest BCUT2D eigenvalue weighted by Gasteiger charge is 2.13. The Bertz CT molecular complexity index is 842. The first-order valence-corrected chi connectivity index (χ1v) is 10.5. The minimum absolute atomic E-state index is 0.0941. The molecule has 0 unspecified atom stereocenters. The fraction of sp³-hybridized carbons (Fsp3) is 0.235. The van der Waals surface area contributed by atoms with Crippen molar-refractivity contribution in [3.8, 4) is 5.75 Å². The third-order valence-corrected chi connectivity index (χ3v) is 6.30. The Labute approximate surface area is 162 Å². The number of carbonyl (C=O) groups is 1. The highest BCUT2D eigenvalue weighted by Crippen LogP contribution is 2.26. The van der Waals surface area contributed by atoms with Crippen LogP contribution in [0.25, 0.3) is 0 Å². The highest BCUT2D eigenvalue weighted by atomic mass is 35.5. The molecule has 0 aliphatic rings. The van der Waals surface area contributed by atoms with Crippen molar-refractivity contribution < 1.29 is 17.9 Å². The maximum Gasteiger partial charge on any atom is 0.240 e. The molecule has 0 saturated heterocycles. The fourth-order valence-electron chi connectivity index (χ4n) is 1.98. The molecule has 26 heavy (non-hydrogen) atoms. The van der Waals surface area contributed by atoms with Gasteiger partial charge in [-0.05, 0) is 36.4 Å². The molecule has 0 saturated carbocycles. The molecular formula is C17H19ClN2O4S2. The summed E-state index contributed by atoms with van der Waals surface area (Å²) in [4.78, 5) is 12.8. The number of ether oxygens (including phenoxy) is 1. The molecule has 0 bridgehead atoms. The molecule has 9 heteroatoms. The van der Waals surface area contributed by atoms with E-state index in [9.17, 15) is 13.2 Å². The topological polar surface area (TPSA) is 84.5 Å². The van der Waals surface area contributed by atoms with E-state index in [0.717, 1.165) is 4.90 Å². The summed E-state index contributed by atoms with van der Waals surface area (Å²) in [5.41, 5.74) is 0. The molecule has 2 aromatic carbocycles. The number of benzene rings is 2. The largest absolute Gasteiger partial charge is 0.497 e. The average Bonchev–Trinajstić information content (AvgIpc) is 2.64. The third kappa shape index (κ3) is 6.21. The van der Waals surface area contributed by atoms with E-state index in [2.05, 4.69) is 10.0 Å². The van der Waals surface area contributed by atoms with Crippen LogP contribution in [0, 0.1) is 0 Å². The number of amides is 1. The molecular weight excluding hydrogens is 396 g/mol. The lowest BCUT2D eigenvalue weighted by Crippen LogP contribution is -2.35.